The summed E-state index contributed by atoms with van der Waals surface area (Å²) in [5, 5.41) is 0. The van der Waals surface area contributed by atoms with Crippen molar-refractivity contribution in [2.24, 2.45) is 0 Å². The largest absolute Gasteiger partial charge is 0.497 e. The van der Waals surface area contributed by atoms with Crippen LogP contribution in [-0.4, -0.2) is 17.1 Å². The summed E-state index contributed by atoms with van der Waals surface area (Å²) in [6.45, 7) is 0. The van der Waals surface area contributed by atoms with Gasteiger partial charge in [0.25, 0.3) is 0 Å². The second-order valence-corrected chi connectivity index (χ2v) is 3.60. The van der Waals surface area contributed by atoms with Crippen molar-refractivity contribution in [3.63, 3.8) is 0 Å². The van der Waals surface area contributed by atoms with Crippen molar-refractivity contribution < 1.29 is 9.13 Å². The summed E-state index contributed by atoms with van der Waals surface area (Å²) < 4.78 is 18.6. The van der Waals surface area contributed by atoms with Crippen LogP contribution in [0.3, 0.4) is 0 Å². The van der Waals surface area contributed by atoms with Gasteiger partial charge in [0.15, 0.2) is 0 Å². The molecule has 2 N–H and O–H groups in total. The lowest BCUT2D eigenvalue weighted by molar-refractivity contribution is 0.413. The van der Waals surface area contributed by atoms with Crippen LogP contribution in [-0.2, 0) is 0 Å². The van der Waals surface area contributed by atoms with Crippen molar-refractivity contribution in [3.05, 3.63) is 47.5 Å². The Morgan fingerprint density at radius 3 is 2.61 bits per heavy atom. The van der Waals surface area contributed by atoms with E-state index in [0.717, 1.165) is 5.56 Å². The molecule has 0 unspecified atom stereocenters. The van der Waals surface area contributed by atoms with Gasteiger partial charge in [0.05, 0.1) is 7.11 Å². The maximum atomic E-state index is 13.5. The lowest BCUT2D eigenvalue weighted by atomic mass is 10.1. The number of anilines is 1. The van der Waals surface area contributed by atoms with Crippen molar-refractivity contribution in [1.29, 1.82) is 0 Å². The van der Waals surface area contributed by atoms with E-state index in [1.807, 2.05) is 0 Å². The van der Waals surface area contributed by atoms with Gasteiger partial charge >= 0.3 is 0 Å². The van der Waals surface area contributed by atoms with E-state index in [-0.39, 0.29) is 11.8 Å². The molecular weight excluding hydrogens is 233 g/mol. The van der Waals surface area contributed by atoms with Crippen LogP contribution in [0.2, 0.25) is 0 Å². The molecule has 0 radical (unpaired) electrons. The molecule has 0 aliphatic carbocycles. The molecule has 2 aromatic rings. The number of nitrogen functional groups attached to an aromatic ring is 1. The van der Waals surface area contributed by atoms with E-state index < -0.39 is 0 Å². The van der Waals surface area contributed by atoms with Gasteiger partial charge in [-0.1, -0.05) is 12.2 Å². The molecule has 5 heteroatoms. The standard InChI is InChI=1S/C13H12FN3O/c1-18-11-4-5-12(14)10(6-11)3-2-9-7-16-13(15)17-8-9/h2-8H,1H3,(H2,15,16,17)/b3-2+. The van der Waals surface area contributed by atoms with E-state index in [9.17, 15) is 4.39 Å². The Balaban J connectivity index is 2.25. The van der Waals surface area contributed by atoms with Crippen molar-refractivity contribution in [3.8, 4) is 5.75 Å². The van der Waals surface area contributed by atoms with Crippen molar-refractivity contribution in [2.45, 2.75) is 0 Å². The molecule has 4 nitrogen and oxygen atoms in total. The first-order chi connectivity index (χ1) is 8.69. The van der Waals surface area contributed by atoms with Gasteiger partial charge in [-0.25, -0.2) is 14.4 Å². The van der Waals surface area contributed by atoms with Crippen LogP contribution in [0.15, 0.2) is 30.6 Å². The lowest BCUT2D eigenvalue weighted by Crippen LogP contribution is -1.93. The Kier molecular flexibility index (Phi) is 3.52. The smallest absolute Gasteiger partial charge is 0.219 e. The number of nitrogens with zero attached hydrogens (tertiary/aromatic N) is 2. The SMILES string of the molecule is COc1ccc(F)c(/C=C/c2cnc(N)nc2)c1. The number of hydrogen-bond donors (Lipinski definition) is 1. The number of aromatic nitrogens is 2. The van der Waals surface area contributed by atoms with E-state index >= 15 is 0 Å². The molecule has 0 aliphatic heterocycles. The summed E-state index contributed by atoms with van der Waals surface area (Å²) in [7, 11) is 1.54. The first-order valence-electron chi connectivity index (χ1n) is 5.28. The summed E-state index contributed by atoms with van der Waals surface area (Å²) in [5.74, 6) is 0.493. The van der Waals surface area contributed by atoms with Crippen LogP contribution in [0.1, 0.15) is 11.1 Å². The second-order valence-electron chi connectivity index (χ2n) is 3.60. The summed E-state index contributed by atoms with van der Waals surface area (Å²) >= 11 is 0. The summed E-state index contributed by atoms with van der Waals surface area (Å²) in [6.07, 6.45) is 6.47. The number of rotatable bonds is 3. The van der Waals surface area contributed by atoms with Gasteiger partial charge in [0.1, 0.15) is 11.6 Å². The fourth-order valence-electron chi connectivity index (χ4n) is 1.40. The number of hydrogen-bond acceptors (Lipinski definition) is 4. The molecule has 0 saturated carbocycles. The van der Waals surface area contributed by atoms with E-state index in [2.05, 4.69) is 9.97 Å². The summed E-state index contributed by atoms with van der Waals surface area (Å²) in [4.78, 5) is 7.69. The zero-order chi connectivity index (χ0) is 13.0. The molecule has 2 rings (SSSR count). The molecule has 0 bridgehead atoms. The summed E-state index contributed by atoms with van der Waals surface area (Å²) in [6, 6.07) is 4.54. The van der Waals surface area contributed by atoms with Crippen molar-refractivity contribution >= 4 is 18.1 Å². The lowest BCUT2D eigenvalue weighted by Gasteiger charge is -2.02. The third-order valence-electron chi connectivity index (χ3n) is 2.35. The van der Waals surface area contributed by atoms with E-state index in [1.165, 1.54) is 13.2 Å². The molecule has 1 aromatic heterocycles. The Morgan fingerprint density at radius 1 is 1.22 bits per heavy atom. The van der Waals surface area contributed by atoms with Crippen molar-refractivity contribution in [1.82, 2.24) is 9.97 Å². The van der Waals surface area contributed by atoms with Crippen LogP contribution in [0.4, 0.5) is 10.3 Å². The van der Waals surface area contributed by atoms with Gasteiger partial charge in [0.2, 0.25) is 5.95 Å². The van der Waals surface area contributed by atoms with Crippen molar-refractivity contribution in [2.75, 3.05) is 12.8 Å². The highest BCUT2D eigenvalue weighted by Crippen LogP contribution is 2.18. The van der Waals surface area contributed by atoms with Gasteiger partial charge in [0, 0.05) is 23.5 Å². The topological polar surface area (TPSA) is 61.0 Å². The molecule has 1 heterocycles. The average Bonchev–Trinajstić information content (AvgIpc) is 2.40. The fourth-order valence-corrected chi connectivity index (χ4v) is 1.40. The second kappa shape index (κ2) is 5.27. The quantitative estimate of drug-likeness (QED) is 0.901. The Labute approximate surface area is 104 Å². The minimum absolute atomic E-state index is 0.208. The first kappa shape index (κ1) is 12.0. The third kappa shape index (κ3) is 2.82. The number of nitrogens with two attached hydrogens (primary N) is 1. The van der Waals surface area contributed by atoms with Gasteiger partial charge in [-0.05, 0) is 18.2 Å². The molecule has 0 aliphatic rings. The van der Waals surface area contributed by atoms with Crippen LogP contribution in [0, 0.1) is 5.82 Å². The molecule has 92 valence electrons. The van der Waals surface area contributed by atoms with Gasteiger partial charge < -0.3 is 10.5 Å². The molecule has 0 spiro atoms. The van der Waals surface area contributed by atoms with Crippen LogP contribution >= 0.6 is 0 Å². The van der Waals surface area contributed by atoms with Crippen LogP contribution in [0.25, 0.3) is 12.2 Å². The van der Waals surface area contributed by atoms with Gasteiger partial charge in [-0.3, -0.25) is 0 Å². The molecule has 0 fully saturated rings. The number of halogens is 1. The highest BCUT2D eigenvalue weighted by molar-refractivity contribution is 5.69. The Morgan fingerprint density at radius 2 is 1.94 bits per heavy atom. The molecule has 0 saturated heterocycles. The normalized spacial score (nSPS) is 10.8. The highest BCUT2D eigenvalue weighted by Gasteiger charge is 2.00. The number of benzene rings is 1. The van der Waals surface area contributed by atoms with Gasteiger partial charge in [-0.2, -0.15) is 0 Å². The molecule has 0 amide bonds. The average molecular weight is 245 g/mol. The Hall–Kier alpha value is -2.43. The monoisotopic (exact) mass is 245 g/mol. The zero-order valence-corrected chi connectivity index (χ0v) is 9.80. The highest BCUT2D eigenvalue weighted by atomic mass is 19.1. The predicted octanol–water partition coefficient (Wildman–Crippen LogP) is 2.38. The maximum Gasteiger partial charge on any atom is 0.219 e. The predicted molar refractivity (Wildman–Crippen MR) is 68.3 cm³/mol. The van der Waals surface area contributed by atoms with E-state index in [0.29, 0.717) is 11.3 Å². The maximum absolute atomic E-state index is 13.5. The van der Waals surface area contributed by atoms with Gasteiger partial charge in [-0.15, -0.1) is 0 Å². The minimum atomic E-state index is -0.316. The third-order valence-corrected chi connectivity index (χ3v) is 2.35. The van der Waals surface area contributed by atoms with E-state index in [4.69, 9.17) is 10.5 Å². The fraction of sp³-hybridized carbons (Fsp3) is 0.0769. The number of methoxy groups -OCH3 is 1. The first-order valence-corrected chi connectivity index (χ1v) is 5.28. The van der Waals surface area contributed by atoms with Crippen LogP contribution in [0.5, 0.6) is 5.75 Å². The molecule has 1 aromatic carbocycles. The van der Waals surface area contributed by atoms with Crippen LogP contribution < -0.4 is 10.5 Å². The minimum Gasteiger partial charge on any atom is -0.497 e. The van der Waals surface area contributed by atoms with E-state index in [1.54, 1.807) is 36.7 Å². The zero-order valence-electron chi connectivity index (χ0n) is 9.80. The molecular formula is C13H12FN3O. The molecule has 18 heavy (non-hydrogen) atoms. The Bertz CT molecular complexity index is 567. The number of ether oxygens (including phenoxy) is 1. The summed E-state index contributed by atoms with van der Waals surface area (Å²) in [5.41, 5.74) is 6.55. The molecule has 0 atom stereocenters.